The summed E-state index contributed by atoms with van der Waals surface area (Å²) in [6.07, 6.45) is 0.218. The third kappa shape index (κ3) is 2.95. The second-order valence-electron chi connectivity index (χ2n) is 3.70. The summed E-state index contributed by atoms with van der Waals surface area (Å²) >= 11 is 0. The summed E-state index contributed by atoms with van der Waals surface area (Å²) in [4.78, 5) is 0. The highest BCUT2D eigenvalue weighted by atomic mass is 16.5. The third-order valence-corrected chi connectivity index (χ3v) is 1.86. The Kier molecular flexibility index (Phi) is 3.81. The fourth-order valence-electron chi connectivity index (χ4n) is 1.33. The molecule has 0 aromatic heterocycles. The lowest BCUT2D eigenvalue weighted by molar-refractivity contribution is 0.243. The number of ether oxygens (including phenoxy) is 1. The van der Waals surface area contributed by atoms with Crippen LogP contribution in [0.1, 0.15) is 26.3 Å². The lowest BCUT2D eigenvalue weighted by Crippen LogP contribution is -2.08. The van der Waals surface area contributed by atoms with Crippen molar-refractivity contribution in [2.75, 3.05) is 11.9 Å². The van der Waals surface area contributed by atoms with Crippen LogP contribution in [0.15, 0.2) is 18.2 Å². The van der Waals surface area contributed by atoms with Gasteiger partial charge in [0.2, 0.25) is 0 Å². The molecule has 0 spiro atoms. The van der Waals surface area contributed by atoms with Crippen LogP contribution in [0.25, 0.3) is 0 Å². The van der Waals surface area contributed by atoms with Crippen LogP contribution in [0.3, 0.4) is 0 Å². The molecule has 0 aliphatic rings. The number of benzene rings is 1. The van der Waals surface area contributed by atoms with Crippen molar-refractivity contribution in [1.82, 2.24) is 0 Å². The van der Waals surface area contributed by atoms with E-state index < -0.39 is 0 Å². The number of nitrogens with one attached hydrogen (secondary N) is 1. The van der Waals surface area contributed by atoms with E-state index in [0.29, 0.717) is 0 Å². The zero-order valence-corrected chi connectivity index (χ0v) is 9.42. The Morgan fingerprint density at radius 2 is 2.07 bits per heavy atom. The van der Waals surface area contributed by atoms with Gasteiger partial charge in [0.15, 0.2) is 0 Å². The van der Waals surface area contributed by atoms with E-state index in [2.05, 4.69) is 31.3 Å². The second kappa shape index (κ2) is 4.89. The van der Waals surface area contributed by atoms with E-state index in [0.717, 1.165) is 18.0 Å². The summed E-state index contributed by atoms with van der Waals surface area (Å²) in [7, 11) is 0. The fourth-order valence-corrected chi connectivity index (χ4v) is 1.33. The van der Waals surface area contributed by atoms with Crippen molar-refractivity contribution in [3.63, 3.8) is 0 Å². The third-order valence-electron chi connectivity index (χ3n) is 1.86. The maximum atomic E-state index is 5.69. The molecule has 0 bridgehead atoms. The number of hydrogen-bond donors (Lipinski definition) is 1. The molecular weight excluding hydrogens is 174 g/mol. The molecule has 1 rings (SSSR count). The van der Waals surface area contributed by atoms with Gasteiger partial charge in [-0.15, -0.1) is 0 Å². The van der Waals surface area contributed by atoms with Crippen molar-refractivity contribution in [2.24, 2.45) is 0 Å². The Balaban J connectivity index is 2.89. The molecule has 0 saturated carbocycles. The predicted molar refractivity (Wildman–Crippen MR) is 61.1 cm³/mol. The highest BCUT2D eigenvalue weighted by Gasteiger charge is 2.04. The summed E-state index contributed by atoms with van der Waals surface area (Å²) in [5, 5.41) is 3.30. The number of anilines is 1. The van der Waals surface area contributed by atoms with Gasteiger partial charge in [-0.1, -0.05) is 6.07 Å². The van der Waals surface area contributed by atoms with Crippen LogP contribution in [0.5, 0.6) is 5.75 Å². The van der Waals surface area contributed by atoms with Crippen LogP contribution in [0, 0.1) is 6.92 Å². The van der Waals surface area contributed by atoms with Crippen LogP contribution in [-0.2, 0) is 0 Å². The van der Waals surface area contributed by atoms with Gasteiger partial charge in [0.25, 0.3) is 0 Å². The van der Waals surface area contributed by atoms with Gasteiger partial charge in [0, 0.05) is 6.54 Å². The maximum Gasteiger partial charge on any atom is 0.142 e. The van der Waals surface area contributed by atoms with Gasteiger partial charge in [-0.25, -0.2) is 0 Å². The molecule has 0 aliphatic heterocycles. The molecule has 78 valence electrons. The summed E-state index contributed by atoms with van der Waals surface area (Å²) < 4.78 is 5.69. The topological polar surface area (TPSA) is 21.3 Å². The largest absolute Gasteiger partial charge is 0.489 e. The van der Waals surface area contributed by atoms with Crippen molar-refractivity contribution in [2.45, 2.75) is 33.8 Å². The van der Waals surface area contributed by atoms with E-state index in [-0.39, 0.29) is 6.10 Å². The molecule has 1 aromatic carbocycles. The first-order valence-electron chi connectivity index (χ1n) is 5.14. The van der Waals surface area contributed by atoms with Crippen molar-refractivity contribution in [3.8, 4) is 5.75 Å². The van der Waals surface area contributed by atoms with E-state index in [1.807, 2.05) is 19.9 Å². The number of rotatable bonds is 4. The smallest absolute Gasteiger partial charge is 0.142 e. The van der Waals surface area contributed by atoms with E-state index >= 15 is 0 Å². The average molecular weight is 193 g/mol. The number of aryl methyl sites for hydroxylation is 1. The lowest BCUT2D eigenvalue weighted by atomic mass is 10.2. The summed E-state index contributed by atoms with van der Waals surface area (Å²) in [5.74, 6) is 0.937. The molecule has 1 aromatic rings. The zero-order chi connectivity index (χ0) is 10.6. The average Bonchev–Trinajstić information content (AvgIpc) is 2.09. The normalized spacial score (nSPS) is 10.4. The Morgan fingerprint density at radius 1 is 1.36 bits per heavy atom. The Labute approximate surface area is 86.3 Å². The van der Waals surface area contributed by atoms with Crippen molar-refractivity contribution in [3.05, 3.63) is 23.8 Å². The minimum atomic E-state index is 0.218. The standard InChI is InChI=1S/C12H19NO/c1-5-13-11-8-10(4)6-7-12(11)14-9(2)3/h6-9,13H,5H2,1-4H3. The van der Waals surface area contributed by atoms with Crippen LogP contribution in [0.4, 0.5) is 5.69 Å². The molecular formula is C12H19NO. The molecule has 0 fully saturated rings. The Morgan fingerprint density at radius 3 is 2.64 bits per heavy atom. The molecule has 14 heavy (non-hydrogen) atoms. The molecule has 0 radical (unpaired) electrons. The molecule has 2 heteroatoms. The molecule has 0 amide bonds. The first-order valence-corrected chi connectivity index (χ1v) is 5.14. The first kappa shape index (κ1) is 10.9. The Hall–Kier alpha value is -1.18. The second-order valence-corrected chi connectivity index (χ2v) is 3.70. The molecule has 2 nitrogen and oxygen atoms in total. The predicted octanol–water partition coefficient (Wildman–Crippen LogP) is 3.21. The molecule has 0 unspecified atom stereocenters. The first-order chi connectivity index (χ1) is 6.63. The van der Waals surface area contributed by atoms with Crippen LogP contribution in [0.2, 0.25) is 0 Å². The van der Waals surface area contributed by atoms with Gasteiger partial charge < -0.3 is 10.1 Å². The Bertz CT molecular complexity index is 294. The fraction of sp³-hybridized carbons (Fsp3) is 0.500. The van der Waals surface area contributed by atoms with E-state index in [1.54, 1.807) is 0 Å². The monoisotopic (exact) mass is 193 g/mol. The molecule has 0 saturated heterocycles. The van der Waals surface area contributed by atoms with Crippen LogP contribution >= 0.6 is 0 Å². The van der Waals surface area contributed by atoms with Gasteiger partial charge in [0.1, 0.15) is 5.75 Å². The van der Waals surface area contributed by atoms with Gasteiger partial charge >= 0.3 is 0 Å². The minimum Gasteiger partial charge on any atom is -0.489 e. The summed E-state index contributed by atoms with van der Waals surface area (Å²) in [6, 6.07) is 6.20. The molecule has 0 atom stereocenters. The van der Waals surface area contributed by atoms with Crippen molar-refractivity contribution < 1.29 is 4.74 Å². The van der Waals surface area contributed by atoms with E-state index in [4.69, 9.17) is 4.74 Å². The van der Waals surface area contributed by atoms with Gasteiger partial charge in [-0.05, 0) is 45.4 Å². The van der Waals surface area contributed by atoms with E-state index in [1.165, 1.54) is 5.56 Å². The van der Waals surface area contributed by atoms with Crippen molar-refractivity contribution >= 4 is 5.69 Å². The van der Waals surface area contributed by atoms with Crippen LogP contribution < -0.4 is 10.1 Å². The SMILES string of the molecule is CCNc1cc(C)ccc1OC(C)C. The van der Waals surface area contributed by atoms with E-state index in [9.17, 15) is 0 Å². The highest BCUT2D eigenvalue weighted by molar-refractivity contribution is 5.57. The van der Waals surface area contributed by atoms with Gasteiger partial charge in [-0.2, -0.15) is 0 Å². The summed E-state index contributed by atoms with van der Waals surface area (Å²) in [6.45, 7) is 9.16. The van der Waals surface area contributed by atoms with Crippen molar-refractivity contribution in [1.29, 1.82) is 0 Å². The van der Waals surface area contributed by atoms with Crippen LogP contribution in [-0.4, -0.2) is 12.6 Å². The zero-order valence-electron chi connectivity index (χ0n) is 9.42. The minimum absolute atomic E-state index is 0.218. The van der Waals surface area contributed by atoms with Gasteiger partial charge in [0.05, 0.1) is 11.8 Å². The quantitative estimate of drug-likeness (QED) is 0.792. The molecule has 0 aliphatic carbocycles. The van der Waals surface area contributed by atoms with Gasteiger partial charge in [-0.3, -0.25) is 0 Å². The maximum absolute atomic E-state index is 5.69. The molecule has 0 heterocycles. The molecule has 1 N–H and O–H groups in total. The number of hydrogen-bond acceptors (Lipinski definition) is 2. The highest BCUT2D eigenvalue weighted by Crippen LogP contribution is 2.26. The summed E-state index contributed by atoms with van der Waals surface area (Å²) in [5.41, 5.74) is 2.33. The lowest BCUT2D eigenvalue weighted by Gasteiger charge is -2.15.